The number of rotatable bonds is 4. The molecule has 3 N–H and O–H groups in total. The molecule has 0 heterocycles. The molecule has 0 atom stereocenters. The van der Waals surface area contributed by atoms with E-state index in [4.69, 9.17) is 5.11 Å². The maximum atomic E-state index is 12.0. The lowest BCUT2D eigenvalue weighted by atomic mass is 10.0. The number of Topliss-reactive ketones (excluding diaryl/α,β-unsaturated/α-hetero) is 1. The zero-order chi connectivity index (χ0) is 14.7. The molecule has 0 aliphatic carbocycles. The molecule has 5 nitrogen and oxygen atoms in total. The van der Waals surface area contributed by atoms with Crippen LogP contribution in [0.3, 0.4) is 0 Å². The van der Waals surface area contributed by atoms with E-state index in [1.54, 1.807) is 12.1 Å². The number of carbonyl (C=O) groups is 2. The fourth-order valence-corrected chi connectivity index (χ4v) is 1.85. The van der Waals surface area contributed by atoms with Crippen LogP contribution in [0.1, 0.15) is 26.3 Å². The van der Waals surface area contributed by atoms with Gasteiger partial charge in [-0.25, -0.2) is 4.79 Å². The van der Waals surface area contributed by atoms with E-state index in [2.05, 4.69) is 0 Å². The highest BCUT2D eigenvalue weighted by atomic mass is 16.4. The van der Waals surface area contributed by atoms with E-state index in [0.29, 0.717) is 5.56 Å². The van der Waals surface area contributed by atoms with Crippen LogP contribution in [0.5, 0.6) is 11.5 Å². The number of ketones is 1. The van der Waals surface area contributed by atoms with Crippen molar-refractivity contribution >= 4 is 11.8 Å². The molecule has 0 fully saturated rings. The molecule has 5 heteroatoms. The van der Waals surface area contributed by atoms with Gasteiger partial charge in [-0.15, -0.1) is 0 Å². The van der Waals surface area contributed by atoms with Crippen LogP contribution in [0.15, 0.2) is 42.5 Å². The van der Waals surface area contributed by atoms with Crippen LogP contribution >= 0.6 is 0 Å². The predicted molar refractivity (Wildman–Crippen MR) is 71.2 cm³/mol. The van der Waals surface area contributed by atoms with Crippen molar-refractivity contribution in [1.29, 1.82) is 0 Å². The number of phenols is 2. The van der Waals surface area contributed by atoms with Gasteiger partial charge >= 0.3 is 5.97 Å². The second-order valence-electron chi connectivity index (χ2n) is 4.27. The van der Waals surface area contributed by atoms with Crippen molar-refractivity contribution in [2.24, 2.45) is 0 Å². The van der Waals surface area contributed by atoms with Gasteiger partial charge in [0, 0.05) is 6.42 Å². The minimum Gasteiger partial charge on any atom is -0.507 e. The molecule has 0 saturated carbocycles. The average Bonchev–Trinajstić information content (AvgIpc) is 2.41. The smallest absolute Gasteiger partial charge is 0.339 e. The molecule has 0 bridgehead atoms. The van der Waals surface area contributed by atoms with Gasteiger partial charge in [-0.05, 0) is 29.8 Å². The van der Waals surface area contributed by atoms with Crippen molar-refractivity contribution in [3.8, 4) is 11.5 Å². The molecule has 0 unspecified atom stereocenters. The number of para-hydroxylation sites is 1. The summed E-state index contributed by atoms with van der Waals surface area (Å²) < 4.78 is 0. The summed E-state index contributed by atoms with van der Waals surface area (Å²) in [5.41, 5.74) is 0.374. The minimum absolute atomic E-state index is 0.0574. The molecule has 0 amide bonds. The number of aromatic hydroxyl groups is 2. The van der Waals surface area contributed by atoms with E-state index in [-0.39, 0.29) is 34.8 Å². The summed E-state index contributed by atoms with van der Waals surface area (Å²) >= 11 is 0. The van der Waals surface area contributed by atoms with E-state index < -0.39 is 5.97 Å². The highest BCUT2D eigenvalue weighted by Crippen LogP contribution is 2.22. The zero-order valence-corrected chi connectivity index (χ0v) is 10.4. The third-order valence-corrected chi connectivity index (χ3v) is 2.86. The Hall–Kier alpha value is -2.82. The van der Waals surface area contributed by atoms with E-state index in [0.717, 1.165) is 0 Å². The highest BCUT2D eigenvalue weighted by Gasteiger charge is 2.14. The summed E-state index contributed by atoms with van der Waals surface area (Å²) in [5, 5.41) is 27.9. The van der Waals surface area contributed by atoms with E-state index >= 15 is 0 Å². The van der Waals surface area contributed by atoms with E-state index in [1.165, 1.54) is 30.3 Å². The predicted octanol–water partition coefficient (Wildman–Crippen LogP) is 2.22. The summed E-state index contributed by atoms with van der Waals surface area (Å²) in [4.78, 5) is 22.9. The molecule has 0 aromatic heterocycles. The molecule has 0 aliphatic rings. The van der Waals surface area contributed by atoms with Gasteiger partial charge in [0.15, 0.2) is 5.78 Å². The lowest BCUT2D eigenvalue weighted by Crippen LogP contribution is -2.05. The standard InChI is InChI=1S/C15H12O5/c16-12-4-2-1-3-10(12)14(18)8-9-5-6-13(17)11(7-9)15(19)20/h1-7,16-17H,8H2,(H,19,20). The number of hydrogen-bond donors (Lipinski definition) is 3. The maximum absolute atomic E-state index is 12.0. The number of phenolic OH excluding ortho intramolecular Hbond substituents is 1. The molecule has 2 aromatic carbocycles. The number of carbonyl (C=O) groups excluding carboxylic acids is 1. The molecule has 0 spiro atoms. The second-order valence-corrected chi connectivity index (χ2v) is 4.27. The summed E-state index contributed by atoms with van der Waals surface area (Å²) in [6.07, 6.45) is -0.0574. The maximum Gasteiger partial charge on any atom is 0.339 e. The first-order valence-electron chi connectivity index (χ1n) is 5.85. The van der Waals surface area contributed by atoms with Crippen LogP contribution in [0.2, 0.25) is 0 Å². The third kappa shape index (κ3) is 2.77. The number of carboxylic acids is 1. The van der Waals surface area contributed by atoms with Gasteiger partial charge in [-0.3, -0.25) is 4.79 Å². The Balaban J connectivity index is 2.27. The minimum atomic E-state index is -1.26. The largest absolute Gasteiger partial charge is 0.507 e. The lowest BCUT2D eigenvalue weighted by molar-refractivity contribution is 0.0693. The Kier molecular flexibility index (Phi) is 3.70. The summed E-state index contributed by atoms with van der Waals surface area (Å²) in [7, 11) is 0. The van der Waals surface area contributed by atoms with Crippen LogP contribution in [-0.4, -0.2) is 27.1 Å². The Labute approximate surface area is 114 Å². The molecular weight excluding hydrogens is 260 g/mol. The first-order valence-corrected chi connectivity index (χ1v) is 5.85. The quantitative estimate of drug-likeness (QED) is 0.742. The molecule has 0 aliphatic heterocycles. The number of carboxylic acid groups (broad SMARTS) is 1. The van der Waals surface area contributed by atoms with Crippen molar-refractivity contribution in [1.82, 2.24) is 0 Å². The number of benzene rings is 2. The Bertz CT molecular complexity index is 676. The van der Waals surface area contributed by atoms with Gasteiger partial charge in [-0.1, -0.05) is 18.2 Å². The van der Waals surface area contributed by atoms with Crippen molar-refractivity contribution in [2.45, 2.75) is 6.42 Å². The van der Waals surface area contributed by atoms with Gasteiger partial charge < -0.3 is 15.3 Å². The van der Waals surface area contributed by atoms with Gasteiger partial charge in [0.2, 0.25) is 0 Å². The van der Waals surface area contributed by atoms with Crippen molar-refractivity contribution < 1.29 is 24.9 Å². The van der Waals surface area contributed by atoms with Crippen molar-refractivity contribution in [3.63, 3.8) is 0 Å². The Morgan fingerprint density at radius 1 is 0.900 bits per heavy atom. The van der Waals surface area contributed by atoms with Gasteiger partial charge in [-0.2, -0.15) is 0 Å². The van der Waals surface area contributed by atoms with Crippen molar-refractivity contribution in [3.05, 3.63) is 59.2 Å². The third-order valence-electron chi connectivity index (χ3n) is 2.86. The normalized spacial score (nSPS) is 10.2. The lowest BCUT2D eigenvalue weighted by Gasteiger charge is -2.06. The van der Waals surface area contributed by atoms with Gasteiger partial charge in [0.25, 0.3) is 0 Å². The van der Waals surface area contributed by atoms with Crippen LogP contribution < -0.4 is 0 Å². The monoisotopic (exact) mass is 272 g/mol. The number of hydrogen-bond acceptors (Lipinski definition) is 4. The molecule has 2 rings (SSSR count). The van der Waals surface area contributed by atoms with E-state index in [1.807, 2.05) is 0 Å². The van der Waals surface area contributed by atoms with Crippen LogP contribution in [0.25, 0.3) is 0 Å². The molecule has 2 aromatic rings. The fourth-order valence-electron chi connectivity index (χ4n) is 1.85. The Morgan fingerprint density at radius 2 is 1.55 bits per heavy atom. The zero-order valence-electron chi connectivity index (χ0n) is 10.4. The first-order chi connectivity index (χ1) is 9.49. The Morgan fingerprint density at radius 3 is 2.20 bits per heavy atom. The van der Waals surface area contributed by atoms with Crippen LogP contribution in [0, 0.1) is 0 Å². The first kappa shape index (κ1) is 13.6. The number of aromatic carboxylic acids is 1. The second kappa shape index (κ2) is 5.44. The van der Waals surface area contributed by atoms with Gasteiger partial charge in [0.05, 0.1) is 5.56 Å². The molecule has 20 heavy (non-hydrogen) atoms. The molecule has 102 valence electrons. The van der Waals surface area contributed by atoms with Crippen molar-refractivity contribution in [2.75, 3.05) is 0 Å². The highest BCUT2D eigenvalue weighted by molar-refractivity contribution is 6.00. The molecular formula is C15H12O5. The van der Waals surface area contributed by atoms with Crippen LogP contribution in [0.4, 0.5) is 0 Å². The summed E-state index contributed by atoms with van der Waals surface area (Å²) in [5.74, 6) is -2.06. The summed E-state index contributed by atoms with van der Waals surface area (Å²) in [6.45, 7) is 0. The fraction of sp³-hybridized carbons (Fsp3) is 0.0667. The van der Waals surface area contributed by atoms with Crippen LogP contribution in [-0.2, 0) is 6.42 Å². The van der Waals surface area contributed by atoms with E-state index in [9.17, 15) is 19.8 Å². The molecule has 0 saturated heterocycles. The SMILES string of the molecule is O=C(O)c1cc(CC(=O)c2ccccc2O)ccc1O. The molecule has 0 radical (unpaired) electrons. The topological polar surface area (TPSA) is 94.8 Å². The summed E-state index contributed by atoms with van der Waals surface area (Å²) in [6, 6.07) is 10.1. The van der Waals surface area contributed by atoms with Gasteiger partial charge in [0.1, 0.15) is 17.1 Å². The average molecular weight is 272 g/mol.